The molecule has 0 saturated carbocycles. The number of rotatable bonds is 2. The van der Waals surface area contributed by atoms with Gasteiger partial charge in [0, 0.05) is 6.92 Å². The van der Waals surface area contributed by atoms with E-state index in [4.69, 9.17) is 0 Å². The molecule has 3 heteroatoms. The summed E-state index contributed by atoms with van der Waals surface area (Å²) >= 11 is 0. The number of hydrogen-bond donors (Lipinski definition) is 0. The van der Waals surface area contributed by atoms with Crippen molar-refractivity contribution in [2.24, 2.45) is 5.92 Å². The molecule has 0 atom stereocenters. The van der Waals surface area contributed by atoms with E-state index in [-0.39, 0.29) is 0 Å². The van der Waals surface area contributed by atoms with Gasteiger partial charge < -0.3 is 5.21 Å². The van der Waals surface area contributed by atoms with Crippen LogP contribution in [0, 0.1) is 25.0 Å². The quantitative estimate of drug-likeness (QED) is 0.511. The maximum atomic E-state index is 11.3. The van der Waals surface area contributed by atoms with Crippen LogP contribution in [-0.2, 0) is 6.42 Å². The van der Waals surface area contributed by atoms with Crippen molar-refractivity contribution < 1.29 is 4.73 Å². The van der Waals surface area contributed by atoms with Gasteiger partial charge in [-0.25, -0.2) is 4.98 Å². The average molecular weight is 180 g/mol. The first-order chi connectivity index (χ1) is 6.00. The van der Waals surface area contributed by atoms with Gasteiger partial charge >= 0.3 is 0 Å². The molecule has 0 fully saturated rings. The van der Waals surface area contributed by atoms with Crippen LogP contribution < -0.4 is 4.73 Å². The molecule has 1 rings (SSSR count). The second-order valence-electron chi connectivity index (χ2n) is 3.83. The van der Waals surface area contributed by atoms with Gasteiger partial charge in [0.25, 0.3) is 0 Å². The van der Waals surface area contributed by atoms with Gasteiger partial charge in [0.1, 0.15) is 11.4 Å². The van der Waals surface area contributed by atoms with Gasteiger partial charge in [0.05, 0.1) is 0 Å². The highest BCUT2D eigenvalue weighted by atomic mass is 16.5. The van der Waals surface area contributed by atoms with Crippen LogP contribution in [0.25, 0.3) is 0 Å². The standard InChI is InChI=1S/C10H16N2O/c1-7(2)5-10-6-12(13)9(4)8(3)11-10/h6-7H,5H2,1-4H3. The van der Waals surface area contributed by atoms with E-state index in [1.807, 2.05) is 6.92 Å². The smallest absolute Gasteiger partial charge is 0.210 e. The molecule has 1 heterocycles. The van der Waals surface area contributed by atoms with E-state index in [2.05, 4.69) is 18.8 Å². The summed E-state index contributed by atoms with van der Waals surface area (Å²) in [6.07, 6.45) is 2.44. The summed E-state index contributed by atoms with van der Waals surface area (Å²) in [6.45, 7) is 7.89. The molecule has 13 heavy (non-hydrogen) atoms. The molecule has 0 bridgehead atoms. The Kier molecular flexibility index (Phi) is 2.86. The minimum Gasteiger partial charge on any atom is -0.618 e. The van der Waals surface area contributed by atoms with Crippen LogP contribution in [0.4, 0.5) is 0 Å². The SMILES string of the molecule is Cc1nc(CC(C)C)c[n+]([O-])c1C. The Morgan fingerprint density at radius 3 is 2.54 bits per heavy atom. The van der Waals surface area contributed by atoms with Crippen LogP contribution in [-0.4, -0.2) is 4.98 Å². The summed E-state index contributed by atoms with van der Waals surface area (Å²) in [5, 5.41) is 11.3. The maximum Gasteiger partial charge on any atom is 0.210 e. The molecule has 0 spiro atoms. The Balaban J connectivity index is 2.99. The van der Waals surface area contributed by atoms with E-state index in [1.165, 1.54) is 0 Å². The molecule has 0 aliphatic rings. The zero-order valence-corrected chi connectivity index (χ0v) is 8.66. The van der Waals surface area contributed by atoms with Crippen molar-refractivity contribution in [3.8, 4) is 0 Å². The molecule has 0 radical (unpaired) electrons. The molecule has 0 N–H and O–H groups in total. The Labute approximate surface area is 79.0 Å². The van der Waals surface area contributed by atoms with Crippen molar-refractivity contribution in [2.75, 3.05) is 0 Å². The van der Waals surface area contributed by atoms with Crippen molar-refractivity contribution in [3.63, 3.8) is 0 Å². The molecule has 0 aliphatic carbocycles. The predicted molar refractivity (Wildman–Crippen MR) is 51.2 cm³/mol. The summed E-state index contributed by atoms with van der Waals surface area (Å²) in [5.74, 6) is 0.537. The Hall–Kier alpha value is -1.12. The molecule has 1 aromatic rings. The summed E-state index contributed by atoms with van der Waals surface area (Å²) in [4.78, 5) is 4.35. The minimum atomic E-state index is 0.537. The molecule has 1 aromatic heterocycles. The van der Waals surface area contributed by atoms with Crippen molar-refractivity contribution in [1.82, 2.24) is 4.98 Å². The molecule has 0 amide bonds. The van der Waals surface area contributed by atoms with Gasteiger partial charge in [0.2, 0.25) is 11.9 Å². The Morgan fingerprint density at radius 2 is 2.08 bits per heavy atom. The lowest BCUT2D eigenvalue weighted by atomic mass is 10.1. The van der Waals surface area contributed by atoms with E-state index in [0.717, 1.165) is 22.5 Å². The summed E-state index contributed by atoms with van der Waals surface area (Å²) in [6, 6.07) is 0. The minimum absolute atomic E-state index is 0.537. The Morgan fingerprint density at radius 1 is 1.46 bits per heavy atom. The fourth-order valence-corrected chi connectivity index (χ4v) is 1.23. The third-order valence-electron chi connectivity index (χ3n) is 2.05. The number of aryl methyl sites for hydroxylation is 1. The number of hydrogen-bond acceptors (Lipinski definition) is 2. The van der Waals surface area contributed by atoms with Gasteiger partial charge in [-0.05, 0) is 19.3 Å². The van der Waals surface area contributed by atoms with Crippen molar-refractivity contribution in [2.45, 2.75) is 34.1 Å². The molecule has 3 nitrogen and oxygen atoms in total. The van der Waals surface area contributed by atoms with Gasteiger partial charge in [-0.2, -0.15) is 4.73 Å². The van der Waals surface area contributed by atoms with Crippen molar-refractivity contribution in [1.29, 1.82) is 0 Å². The van der Waals surface area contributed by atoms with Gasteiger partial charge in [-0.3, -0.25) is 0 Å². The lowest BCUT2D eigenvalue weighted by Gasteiger charge is -2.07. The van der Waals surface area contributed by atoms with Crippen molar-refractivity contribution in [3.05, 3.63) is 28.5 Å². The van der Waals surface area contributed by atoms with E-state index in [0.29, 0.717) is 11.6 Å². The van der Waals surface area contributed by atoms with Crippen LogP contribution in [0.5, 0.6) is 0 Å². The largest absolute Gasteiger partial charge is 0.618 e. The Bertz CT molecular complexity index is 285. The first kappa shape index (κ1) is 9.96. The molecule has 72 valence electrons. The fourth-order valence-electron chi connectivity index (χ4n) is 1.23. The molecule has 0 unspecified atom stereocenters. The van der Waals surface area contributed by atoms with Gasteiger partial charge in [-0.15, -0.1) is 0 Å². The second kappa shape index (κ2) is 3.73. The zero-order valence-electron chi connectivity index (χ0n) is 8.66. The predicted octanol–water partition coefficient (Wildman–Crippen LogP) is 1.53. The zero-order chi connectivity index (χ0) is 10.0. The first-order valence-electron chi connectivity index (χ1n) is 4.57. The van der Waals surface area contributed by atoms with Crippen LogP contribution in [0.3, 0.4) is 0 Å². The number of nitrogens with zero attached hydrogens (tertiary/aromatic N) is 2. The third-order valence-corrected chi connectivity index (χ3v) is 2.05. The second-order valence-corrected chi connectivity index (χ2v) is 3.83. The normalized spacial score (nSPS) is 10.8. The molecule has 0 aliphatic heterocycles. The van der Waals surface area contributed by atoms with E-state index in [1.54, 1.807) is 13.1 Å². The monoisotopic (exact) mass is 180 g/mol. The summed E-state index contributed by atoms with van der Waals surface area (Å²) in [5.41, 5.74) is 2.40. The van der Waals surface area contributed by atoms with E-state index in [9.17, 15) is 5.21 Å². The fraction of sp³-hybridized carbons (Fsp3) is 0.600. The average Bonchev–Trinajstić information content (AvgIpc) is 1.98. The summed E-state index contributed by atoms with van der Waals surface area (Å²) in [7, 11) is 0. The topological polar surface area (TPSA) is 39.8 Å². The highest BCUT2D eigenvalue weighted by Gasteiger charge is 2.09. The van der Waals surface area contributed by atoms with Gasteiger partial charge in [0.15, 0.2) is 0 Å². The van der Waals surface area contributed by atoms with Crippen LogP contribution in [0.2, 0.25) is 0 Å². The lowest BCUT2D eigenvalue weighted by molar-refractivity contribution is -0.613. The first-order valence-corrected chi connectivity index (χ1v) is 4.57. The lowest BCUT2D eigenvalue weighted by Crippen LogP contribution is -2.32. The highest BCUT2D eigenvalue weighted by Crippen LogP contribution is 2.05. The van der Waals surface area contributed by atoms with Crippen LogP contribution in [0.15, 0.2) is 6.20 Å². The maximum absolute atomic E-state index is 11.3. The molecular formula is C10H16N2O. The van der Waals surface area contributed by atoms with Crippen molar-refractivity contribution >= 4 is 0 Å². The van der Waals surface area contributed by atoms with E-state index < -0.39 is 0 Å². The van der Waals surface area contributed by atoms with Gasteiger partial charge in [-0.1, -0.05) is 13.8 Å². The van der Waals surface area contributed by atoms with E-state index >= 15 is 0 Å². The number of aromatic nitrogens is 2. The molecule has 0 aromatic carbocycles. The molecular weight excluding hydrogens is 164 g/mol. The molecule has 0 saturated heterocycles. The highest BCUT2D eigenvalue weighted by molar-refractivity contribution is 5.05. The summed E-state index contributed by atoms with van der Waals surface area (Å²) < 4.78 is 0.903. The van der Waals surface area contributed by atoms with Crippen LogP contribution in [0.1, 0.15) is 30.9 Å². The van der Waals surface area contributed by atoms with Crippen LogP contribution >= 0.6 is 0 Å². The third kappa shape index (κ3) is 2.41.